The first-order valence-electron chi connectivity index (χ1n) is 13.2. The summed E-state index contributed by atoms with van der Waals surface area (Å²) in [4.78, 5) is 35.1. The van der Waals surface area contributed by atoms with Gasteiger partial charge in [0.2, 0.25) is 0 Å². The molecule has 1 saturated heterocycles. The molecule has 3 N–H and O–H groups in total. The van der Waals surface area contributed by atoms with Crippen LogP contribution in [0, 0.1) is 24.4 Å². The van der Waals surface area contributed by atoms with Crippen molar-refractivity contribution in [1.29, 1.82) is 0 Å². The lowest BCUT2D eigenvalue weighted by atomic mass is 10.0. The number of hydrogen-bond donors (Lipinski definition) is 3. The number of amides is 3. The Morgan fingerprint density at radius 3 is 2.48 bits per heavy atom. The van der Waals surface area contributed by atoms with Crippen molar-refractivity contribution in [2.45, 2.75) is 26.0 Å². The highest BCUT2D eigenvalue weighted by molar-refractivity contribution is 5.93. The van der Waals surface area contributed by atoms with Crippen molar-refractivity contribution >= 4 is 17.8 Å². The van der Waals surface area contributed by atoms with E-state index in [-0.39, 0.29) is 5.69 Å². The van der Waals surface area contributed by atoms with Crippen molar-refractivity contribution in [2.24, 2.45) is 0 Å². The first-order chi connectivity index (χ1) is 20.2. The Morgan fingerprint density at radius 1 is 1.05 bits per heavy atom. The van der Waals surface area contributed by atoms with E-state index in [1.54, 1.807) is 36.3 Å². The van der Waals surface area contributed by atoms with Crippen LogP contribution in [0.25, 0.3) is 16.9 Å². The van der Waals surface area contributed by atoms with Gasteiger partial charge < -0.3 is 10.6 Å². The minimum Gasteiger partial charge on any atom is -0.354 e. The predicted molar refractivity (Wildman–Crippen MR) is 148 cm³/mol. The fourth-order valence-corrected chi connectivity index (χ4v) is 4.74. The first kappa shape index (κ1) is 28.8. The van der Waals surface area contributed by atoms with Gasteiger partial charge in [-0.25, -0.2) is 27.6 Å². The number of pyridine rings is 1. The van der Waals surface area contributed by atoms with E-state index >= 15 is 0 Å². The molecule has 3 amide bonds. The number of nitrogens with one attached hydrogen (secondary N) is 3. The molecule has 13 heteroatoms. The molecule has 1 fully saturated rings. The maximum Gasteiger partial charge on any atom is 0.320 e. The largest absolute Gasteiger partial charge is 0.354 e. The van der Waals surface area contributed by atoms with E-state index in [1.165, 1.54) is 24.0 Å². The lowest BCUT2D eigenvalue weighted by molar-refractivity contribution is -0.144. The number of hydroxylamine groups is 2. The van der Waals surface area contributed by atoms with Crippen LogP contribution in [0.3, 0.4) is 0 Å². The van der Waals surface area contributed by atoms with Gasteiger partial charge >= 0.3 is 6.03 Å². The molecule has 4 aromatic rings. The maximum atomic E-state index is 14.8. The third kappa shape index (κ3) is 5.69. The summed E-state index contributed by atoms with van der Waals surface area (Å²) in [6.07, 6.45) is 0.582. The number of carbonyl (C=O) groups excluding carboxylic acids is 2. The van der Waals surface area contributed by atoms with Crippen LogP contribution >= 0.6 is 0 Å². The normalized spacial score (nSPS) is 16.8. The summed E-state index contributed by atoms with van der Waals surface area (Å²) in [5.74, 6) is -3.18. The molecule has 3 heterocycles. The lowest BCUT2D eigenvalue weighted by Crippen LogP contribution is -2.42. The fraction of sp³-hybridized carbons (Fsp3) is 0.241. The number of para-hydroxylation sites is 1. The zero-order valence-electron chi connectivity index (χ0n) is 23.0. The Morgan fingerprint density at radius 2 is 1.81 bits per heavy atom. The topological polar surface area (TPSA) is 113 Å². The molecule has 0 aliphatic carbocycles. The van der Waals surface area contributed by atoms with Gasteiger partial charge in [0.15, 0.2) is 23.1 Å². The van der Waals surface area contributed by atoms with Crippen LogP contribution in [0.1, 0.15) is 34.6 Å². The minimum atomic E-state index is -1.02. The Hall–Kier alpha value is -4.75. The Bertz CT molecular complexity index is 1630. The molecular weight excluding hydrogens is 551 g/mol. The average molecular weight is 580 g/mol. The highest BCUT2D eigenvalue weighted by atomic mass is 19.2. The zero-order valence-corrected chi connectivity index (χ0v) is 23.0. The molecule has 1 aliphatic heterocycles. The van der Waals surface area contributed by atoms with Crippen LogP contribution in [0.2, 0.25) is 0 Å². The molecule has 42 heavy (non-hydrogen) atoms. The molecule has 2 aromatic heterocycles. The van der Waals surface area contributed by atoms with E-state index in [2.05, 4.69) is 26.0 Å². The molecule has 0 radical (unpaired) electrons. The standard InChI is InChI=1S/C29H28F3N7O3/c1-4-38-15-23(26(42-38)17-10-11-20(30)21(31)12-17)35-29(41)36-27-16(2)24(37-39(27)19-8-6-5-7-9-19)18-13-22(32)25(34-14-18)28(40)33-3/h5-14,23,26H,4,15H2,1-3H3,(H,33,40)(H2,35,36,41)/t23-,26+/m1/s1. The van der Waals surface area contributed by atoms with E-state index in [0.29, 0.717) is 47.0 Å². The highest BCUT2D eigenvalue weighted by Crippen LogP contribution is 2.32. The monoisotopic (exact) mass is 579 g/mol. The molecule has 5 rings (SSSR count). The second kappa shape index (κ2) is 12.0. The SMILES string of the molecule is CCN1C[C@@H](NC(=O)Nc2c(C)c(-c3cnc(C(=O)NC)c(F)c3)nn2-c2ccccc2)[C@H](c2ccc(F)c(F)c2)O1. The summed E-state index contributed by atoms with van der Waals surface area (Å²) in [5.41, 5.74) is 1.80. The predicted octanol–water partition coefficient (Wildman–Crippen LogP) is 4.52. The Kier molecular flexibility index (Phi) is 8.22. The lowest BCUT2D eigenvalue weighted by Gasteiger charge is -2.20. The number of urea groups is 1. The van der Waals surface area contributed by atoms with E-state index in [0.717, 1.165) is 18.2 Å². The van der Waals surface area contributed by atoms with Gasteiger partial charge in [-0.1, -0.05) is 31.2 Å². The number of carbonyl (C=O) groups is 2. The van der Waals surface area contributed by atoms with Crippen molar-refractivity contribution in [3.63, 3.8) is 0 Å². The maximum absolute atomic E-state index is 14.8. The van der Waals surface area contributed by atoms with Gasteiger partial charge in [0.1, 0.15) is 11.9 Å². The number of anilines is 1. The van der Waals surface area contributed by atoms with E-state index < -0.39 is 41.5 Å². The molecule has 0 spiro atoms. The second-order valence-corrected chi connectivity index (χ2v) is 9.59. The van der Waals surface area contributed by atoms with Crippen molar-refractivity contribution in [3.05, 3.63) is 95.1 Å². The van der Waals surface area contributed by atoms with Crippen LogP contribution < -0.4 is 16.0 Å². The first-order valence-corrected chi connectivity index (χ1v) is 13.2. The minimum absolute atomic E-state index is 0.303. The van der Waals surface area contributed by atoms with Crippen LogP contribution in [0.4, 0.5) is 23.8 Å². The van der Waals surface area contributed by atoms with Crippen molar-refractivity contribution in [3.8, 4) is 16.9 Å². The third-order valence-corrected chi connectivity index (χ3v) is 6.88. The Labute approximate surface area is 239 Å². The zero-order chi connectivity index (χ0) is 30.0. The number of halogens is 3. The number of benzene rings is 2. The van der Waals surface area contributed by atoms with Gasteiger partial charge in [-0.3, -0.25) is 14.9 Å². The fourth-order valence-electron chi connectivity index (χ4n) is 4.74. The molecular formula is C29H28F3N7O3. The van der Waals surface area contributed by atoms with Gasteiger partial charge in [-0.05, 0) is 42.8 Å². The summed E-state index contributed by atoms with van der Waals surface area (Å²) in [7, 11) is 1.38. The molecule has 2 atom stereocenters. The quantitative estimate of drug-likeness (QED) is 0.297. The van der Waals surface area contributed by atoms with Gasteiger partial charge in [0, 0.05) is 37.5 Å². The molecule has 218 valence electrons. The molecule has 0 unspecified atom stereocenters. The van der Waals surface area contributed by atoms with E-state index in [1.807, 2.05) is 13.0 Å². The molecule has 0 bridgehead atoms. The van der Waals surface area contributed by atoms with Gasteiger partial charge in [0.05, 0.1) is 17.4 Å². The molecule has 2 aromatic carbocycles. The number of rotatable bonds is 7. The van der Waals surface area contributed by atoms with Crippen LogP contribution in [0.15, 0.2) is 60.8 Å². The number of nitrogens with zero attached hydrogens (tertiary/aromatic N) is 4. The van der Waals surface area contributed by atoms with E-state index in [4.69, 9.17) is 4.84 Å². The van der Waals surface area contributed by atoms with Crippen molar-refractivity contribution < 1.29 is 27.6 Å². The summed E-state index contributed by atoms with van der Waals surface area (Å²) in [5, 5.41) is 14.3. The van der Waals surface area contributed by atoms with Crippen LogP contribution in [0.5, 0.6) is 0 Å². The molecule has 0 saturated carbocycles. The third-order valence-electron chi connectivity index (χ3n) is 6.88. The van der Waals surface area contributed by atoms with Crippen molar-refractivity contribution in [2.75, 3.05) is 25.5 Å². The Balaban J connectivity index is 1.46. The summed E-state index contributed by atoms with van der Waals surface area (Å²) >= 11 is 0. The van der Waals surface area contributed by atoms with Crippen LogP contribution in [-0.2, 0) is 4.84 Å². The van der Waals surface area contributed by atoms with Crippen LogP contribution in [-0.4, -0.2) is 57.9 Å². The summed E-state index contributed by atoms with van der Waals surface area (Å²) < 4.78 is 43.8. The summed E-state index contributed by atoms with van der Waals surface area (Å²) in [6, 6.07) is 12.5. The average Bonchev–Trinajstić information content (AvgIpc) is 3.55. The number of hydrogen-bond acceptors (Lipinski definition) is 6. The van der Waals surface area contributed by atoms with E-state index in [9.17, 15) is 22.8 Å². The molecule has 1 aliphatic rings. The van der Waals surface area contributed by atoms with Crippen molar-refractivity contribution in [1.82, 2.24) is 30.5 Å². The summed E-state index contributed by atoms with van der Waals surface area (Å²) in [6.45, 7) is 4.39. The molecule has 10 nitrogen and oxygen atoms in total. The number of likely N-dealkylation sites (N-methyl/N-ethyl adjacent to an activating group) is 1. The second-order valence-electron chi connectivity index (χ2n) is 9.59. The number of aromatic nitrogens is 3. The smallest absolute Gasteiger partial charge is 0.320 e. The highest BCUT2D eigenvalue weighted by Gasteiger charge is 2.36. The van der Waals surface area contributed by atoms with Gasteiger partial charge in [-0.15, -0.1) is 0 Å². The van der Waals surface area contributed by atoms with Gasteiger partial charge in [-0.2, -0.15) is 10.2 Å². The van der Waals surface area contributed by atoms with Gasteiger partial charge in [0.25, 0.3) is 5.91 Å².